The van der Waals surface area contributed by atoms with E-state index >= 15 is 0 Å². The van der Waals surface area contributed by atoms with Crippen LogP contribution in [0.1, 0.15) is 5.56 Å². The monoisotopic (exact) mass is 230 g/mol. The summed E-state index contributed by atoms with van der Waals surface area (Å²) in [5.41, 5.74) is 1.18. The molecule has 1 N–H and O–H groups in total. The Bertz CT molecular complexity index is 459. The van der Waals surface area contributed by atoms with E-state index in [1.54, 1.807) is 24.9 Å². The maximum Gasteiger partial charge on any atom is 0.0919 e. The number of imidazole rings is 1. The third-order valence-corrected chi connectivity index (χ3v) is 2.58. The number of aromatic amines is 1. The second-order valence-electron chi connectivity index (χ2n) is 2.90. The number of benzene rings is 1. The SMILES string of the molecule is C1=Cc2ccccc2SN=N1.c1c[nH]cn1. The molecule has 2 heterocycles. The zero-order chi connectivity index (χ0) is 11.1. The minimum Gasteiger partial charge on any atom is -0.351 e. The largest absolute Gasteiger partial charge is 0.351 e. The van der Waals surface area contributed by atoms with Gasteiger partial charge < -0.3 is 4.98 Å². The predicted molar refractivity (Wildman–Crippen MR) is 64.8 cm³/mol. The number of fused-ring (bicyclic) bond motifs is 1. The maximum atomic E-state index is 3.87. The normalized spacial score (nSPS) is 12.2. The fourth-order valence-electron chi connectivity index (χ4n) is 1.12. The molecule has 0 fully saturated rings. The summed E-state index contributed by atoms with van der Waals surface area (Å²) in [6, 6.07) is 8.10. The smallest absolute Gasteiger partial charge is 0.0919 e. The van der Waals surface area contributed by atoms with Gasteiger partial charge in [-0.15, -0.1) is 4.52 Å². The van der Waals surface area contributed by atoms with Crippen LogP contribution in [0.2, 0.25) is 0 Å². The lowest BCUT2D eigenvalue weighted by atomic mass is 10.2. The van der Waals surface area contributed by atoms with Crippen molar-refractivity contribution in [3.8, 4) is 0 Å². The van der Waals surface area contributed by atoms with Gasteiger partial charge in [0.25, 0.3) is 0 Å². The fourth-order valence-corrected chi connectivity index (χ4v) is 1.70. The van der Waals surface area contributed by atoms with E-state index in [0.717, 1.165) is 4.90 Å². The second kappa shape index (κ2) is 5.87. The number of nitrogens with zero attached hydrogens (tertiary/aromatic N) is 3. The first-order chi connectivity index (χ1) is 7.97. The Morgan fingerprint density at radius 2 is 2.12 bits per heavy atom. The Kier molecular flexibility index (Phi) is 3.90. The lowest BCUT2D eigenvalue weighted by Crippen LogP contribution is -1.73. The van der Waals surface area contributed by atoms with Gasteiger partial charge in [0.1, 0.15) is 0 Å². The van der Waals surface area contributed by atoms with Crippen molar-refractivity contribution in [1.29, 1.82) is 0 Å². The average Bonchev–Trinajstić information content (AvgIpc) is 2.81. The van der Waals surface area contributed by atoms with E-state index < -0.39 is 0 Å². The summed E-state index contributed by atoms with van der Waals surface area (Å²) in [4.78, 5) is 7.57. The Balaban J connectivity index is 0.000000162. The van der Waals surface area contributed by atoms with Gasteiger partial charge in [0.15, 0.2) is 0 Å². The quantitative estimate of drug-likeness (QED) is 0.704. The average molecular weight is 230 g/mol. The molecule has 1 aromatic heterocycles. The summed E-state index contributed by atoms with van der Waals surface area (Å²) >= 11 is 1.41. The number of aromatic nitrogens is 2. The molecule has 0 aliphatic carbocycles. The molecule has 0 amide bonds. The summed E-state index contributed by atoms with van der Waals surface area (Å²) in [5.74, 6) is 0. The molecule has 5 heteroatoms. The minimum absolute atomic E-state index is 1.16. The highest BCUT2D eigenvalue weighted by atomic mass is 32.2. The van der Waals surface area contributed by atoms with Gasteiger partial charge in [-0.05, 0) is 17.7 Å². The number of rotatable bonds is 0. The Morgan fingerprint density at radius 1 is 1.19 bits per heavy atom. The summed E-state index contributed by atoms with van der Waals surface area (Å²) < 4.78 is 3.87. The second-order valence-corrected chi connectivity index (χ2v) is 3.69. The molecule has 2 aromatic rings. The van der Waals surface area contributed by atoms with E-state index in [4.69, 9.17) is 0 Å². The third-order valence-electron chi connectivity index (χ3n) is 1.83. The van der Waals surface area contributed by atoms with E-state index in [0.29, 0.717) is 0 Å². The number of hydrogen-bond donors (Lipinski definition) is 1. The van der Waals surface area contributed by atoms with Gasteiger partial charge in [0.2, 0.25) is 0 Å². The third kappa shape index (κ3) is 3.06. The summed E-state index contributed by atoms with van der Waals surface area (Å²) in [5, 5.41) is 3.79. The Hall–Kier alpha value is -1.88. The Labute approximate surface area is 97.7 Å². The molecule has 16 heavy (non-hydrogen) atoms. The zero-order valence-corrected chi connectivity index (χ0v) is 9.26. The number of H-pyrrole nitrogens is 1. The molecule has 4 nitrogen and oxygen atoms in total. The van der Waals surface area contributed by atoms with Crippen LogP contribution < -0.4 is 0 Å². The molecule has 3 rings (SSSR count). The maximum absolute atomic E-state index is 3.87. The van der Waals surface area contributed by atoms with Gasteiger partial charge in [0.05, 0.1) is 12.5 Å². The van der Waals surface area contributed by atoms with E-state index in [2.05, 4.69) is 25.7 Å². The first-order valence-corrected chi connectivity index (χ1v) is 5.49. The van der Waals surface area contributed by atoms with Crippen LogP contribution in [0.5, 0.6) is 0 Å². The van der Waals surface area contributed by atoms with Gasteiger partial charge in [0, 0.05) is 29.2 Å². The number of hydrogen-bond acceptors (Lipinski definition) is 4. The topological polar surface area (TPSA) is 53.4 Å². The fraction of sp³-hybridized carbons (Fsp3) is 0. The van der Waals surface area contributed by atoms with Crippen molar-refractivity contribution < 1.29 is 0 Å². The predicted octanol–water partition coefficient (Wildman–Crippen LogP) is 3.54. The highest BCUT2D eigenvalue weighted by Gasteiger charge is 1.99. The molecular formula is C11H10N4S. The van der Waals surface area contributed by atoms with E-state index in [1.807, 2.05) is 24.3 Å². The first kappa shape index (κ1) is 10.6. The van der Waals surface area contributed by atoms with Gasteiger partial charge in [-0.3, -0.25) is 0 Å². The van der Waals surface area contributed by atoms with Crippen LogP contribution in [0, 0.1) is 0 Å². The minimum atomic E-state index is 1.16. The van der Waals surface area contributed by atoms with Crippen molar-refractivity contribution in [2.24, 2.45) is 9.63 Å². The molecule has 1 aromatic carbocycles. The molecule has 80 valence electrons. The van der Waals surface area contributed by atoms with Crippen molar-refractivity contribution in [3.63, 3.8) is 0 Å². The van der Waals surface area contributed by atoms with E-state index in [1.165, 1.54) is 17.5 Å². The molecule has 0 saturated heterocycles. The molecule has 0 atom stereocenters. The summed E-state index contributed by atoms with van der Waals surface area (Å²) in [6.07, 6.45) is 8.75. The van der Waals surface area contributed by atoms with Crippen LogP contribution in [0.25, 0.3) is 6.08 Å². The lowest BCUT2D eigenvalue weighted by molar-refractivity contribution is 1.31. The zero-order valence-electron chi connectivity index (χ0n) is 8.45. The number of nitrogens with one attached hydrogen (secondary N) is 1. The first-order valence-electron chi connectivity index (χ1n) is 4.72. The van der Waals surface area contributed by atoms with Crippen LogP contribution in [0.4, 0.5) is 0 Å². The molecule has 0 radical (unpaired) electrons. The van der Waals surface area contributed by atoms with Crippen LogP contribution in [0.3, 0.4) is 0 Å². The van der Waals surface area contributed by atoms with E-state index in [-0.39, 0.29) is 0 Å². The lowest BCUT2D eigenvalue weighted by Gasteiger charge is -1.96. The Morgan fingerprint density at radius 3 is 2.88 bits per heavy atom. The summed E-state index contributed by atoms with van der Waals surface area (Å²) in [7, 11) is 0. The highest BCUT2D eigenvalue weighted by Crippen LogP contribution is 2.26. The van der Waals surface area contributed by atoms with Crippen molar-refractivity contribution >= 4 is 18.0 Å². The molecule has 1 aliphatic rings. The van der Waals surface area contributed by atoms with Crippen molar-refractivity contribution in [1.82, 2.24) is 9.97 Å². The molecule has 0 saturated carbocycles. The van der Waals surface area contributed by atoms with Gasteiger partial charge in [-0.2, -0.15) is 5.11 Å². The van der Waals surface area contributed by atoms with Crippen LogP contribution in [0.15, 0.2) is 63.7 Å². The van der Waals surface area contributed by atoms with Crippen LogP contribution in [-0.2, 0) is 0 Å². The van der Waals surface area contributed by atoms with Crippen molar-refractivity contribution in [2.45, 2.75) is 4.90 Å². The van der Waals surface area contributed by atoms with Gasteiger partial charge >= 0.3 is 0 Å². The molecular weight excluding hydrogens is 220 g/mol. The van der Waals surface area contributed by atoms with E-state index in [9.17, 15) is 0 Å². The van der Waals surface area contributed by atoms with Crippen molar-refractivity contribution in [3.05, 3.63) is 54.7 Å². The molecule has 1 aliphatic heterocycles. The molecule has 0 unspecified atom stereocenters. The van der Waals surface area contributed by atoms with Crippen molar-refractivity contribution in [2.75, 3.05) is 0 Å². The summed E-state index contributed by atoms with van der Waals surface area (Å²) in [6.45, 7) is 0. The van der Waals surface area contributed by atoms with Gasteiger partial charge in [-0.25, -0.2) is 4.98 Å². The molecule has 0 spiro atoms. The van der Waals surface area contributed by atoms with Crippen LogP contribution in [-0.4, -0.2) is 9.97 Å². The van der Waals surface area contributed by atoms with Gasteiger partial charge in [-0.1, -0.05) is 18.2 Å². The standard InChI is InChI=1S/C8H6N2S.C3H4N2/c1-2-4-8-7(3-1)5-6-9-10-11-8;1-2-5-3-4-1/h1-6H;1-3H,(H,4,5). The molecule has 0 bridgehead atoms. The highest BCUT2D eigenvalue weighted by molar-refractivity contribution is 7.98. The van der Waals surface area contributed by atoms with Crippen LogP contribution >= 0.6 is 11.9 Å².